The molecule has 3 heterocycles. The molecule has 0 spiro atoms. The number of pyridine rings is 2. The van der Waals surface area contributed by atoms with E-state index in [0.29, 0.717) is 11.5 Å². The van der Waals surface area contributed by atoms with Gasteiger partial charge in [0, 0.05) is 32.4 Å². The van der Waals surface area contributed by atoms with Gasteiger partial charge in [-0.1, -0.05) is 0 Å². The predicted octanol–water partition coefficient (Wildman–Crippen LogP) is 1.27. The Kier molecular flexibility index (Phi) is 3.87. The van der Waals surface area contributed by atoms with Crippen LogP contribution in [0.2, 0.25) is 0 Å². The smallest absolute Gasteiger partial charge is 0.271 e. The van der Waals surface area contributed by atoms with Gasteiger partial charge in [0.1, 0.15) is 11.5 Å². The van der Waals surface area contributed by atoms with Crippen molar-refractivity contribution >= 4 is 17.2 Å². The normalized spacial score (nSPS) is 16.0. The third kappa shape index (κ3) is 3.22. The molecule has 6 heteroatoms. The number of hydrogen-bond donors (Lipinski definition) is 2. The number of hydrogen-bond acceptors (Lipinski definition) is 5. The summed E-state index contributed by atoms with van der Waals surface area (Å²) in [5.41, 5.74) is 1.47. The van der Waals surface area contributed by atoms with Crippen molar-refractivity contribution in [2.75, 3.05) is 43.4 Å². The van der Waals surface area contributed by atoms with Crippen molar-refractivity contribution in [3.05, 3.63) is 47.0 Å². The van der Waals surface area contributed by atoms with Gasteiger partial charge >= 0.3 is 0 Å². The maximum atomic E-state index is 11.6. The average molecular weight is 285 g/mol. The lowest BCUT2D eigenvalue weighted by molar-refractivity contribution is 0.313. The minimum absolute atomic E-state index is 0.151. The van der Waals surface area contributed by atoms with Crippen molar-refractivity contribution < 1.29 is 0 Å². The van der Waals surface area contributed by atoms with E-state index in [9.17, 15) is 4.79 Å². The molecule has 0 aliphatic carbocycles. The highest BCUT2D eigenvalue weighted by Crippen LogP contribution is 2.18. The van der Waals surface area contributed by atoms with Crippen molar-refractivity contribution in [2.45, 2.75) is 0 Å². The van der Waals surface area contributed by atoms with Gasteiger partial charge < -0.3 is 20.1 Å². The molecule has 1 aliphatic heterocycles. The second kappa shape index (κ2) is 5.97. The quantitative estimate of drug-likeness (QED) is 0.889. The molecule has 0 atom stereocenters. The first kappa shape index (κ1) is 13.6. The summed E-state index contributed by atoms with van der Waals surface area (Å²) in [5, 5.41) is 3.03. The van der Waals surface area contributed by atoms with Gasteiger partial charge in [-0.05, 0) is 31.3 Å². The number of aromatic amines is 1. The van der Waals surface area contributed by atoms with Gasteiger partial charge in [0.25, 0.3) is 5.56 Å². The van der Waals surface area contributed by atoms with Crippen molar-refractivity contribution in [2.24, 2.45) is 0 Å². The molecule has 0 saturated carbocycles. The molecular formula is C15H19N5O. The van der Waals surface area contributed by atoms with Crippen LogP contribution in [-0.2, 0) is 0 Å². The molecule has 21 heavy (non-hydrogen) atoms. The molecule has 3 rings (SSSR count). The lowest BCUT2D eigenvalue weighted by Gasteiger charge is -2.33. The van der Waals surface area contributed by atoms with E-state index in [0.717, 1.165) is 31.9 Å². The molecule has 1 fully saturated rings. The fraction of sp³-hybridized carbons (Fsp3) is 0.333. The monoisotopic (exact) mass is 285 g/mol. The van der Waals surface area contributed by atoms with Crippen LogP contribution in [0.5, 0.6) is 0 Å². The van der Waals surface area contributed by atoms with Crippen molar-refractivity contribution in [3.63, 3.8) is 0 Å². The molecular weight excluding hydrogens is 266 g/mol. The van der Waals surface area contributed by atoms with Crippen molar-refractivity contribution in [3.8, 4) is 0 Å². The van der Waals surface area contributed by atoms with Gasteiger partial charge in [0.15, 0.2) is 0 Å². The number of anilines is 3. The number of nitrogens with zero attached hydrogens (tertiary/aromatic N) is 3. The zero-order valence-electron chi connectivity index (χ0n) is 12.0. The minimum atomic E-state index is -0.151. The van der Waals surface area contributed by atoms with E-state index in [1.54, 1.807) is 18.3 Å². The second-order valence-electron chi connectivity index (χ2n) is 5.23. The fourth-order valence-corrected chi connectivity index (χ4v) is 2.37. The van der Waals surface area contributed by atoms with E-state index in [1.165, 1.54) is 0 Å². The molecule has 0 bridgehead atoms. The maximum absolute atomic E-state index is 11.6. The highest BCUT2D eigenvalue weighted by Gasteiger charge is 2.14. The molecule has 0 unspecified atom stereocenters. The number of nitrogens with one attached hydrogen (secondary N) is 2. The highest BCUT2D eigenvalue weighted by atomic mass is 16.1. The van der Waals surface area contributed by atoms with Crippen LogP contribution in [0.25, 0.3) is 0 Å². The lowest BCUT2D eigenvalue weighted by Crippen LogP contribution is -2.44. The highest BCUT2D eigenvalue weighted by molar-refractivity contribution is 5.57. The van der Waals surface area contributed by atoms with Gasteiger partial charge in [-0.15, -0.1) is 0 Å². The van der Waals surface area contributed by atoms with Crippen molar-refractivity contribution in [1.82, 2.24) is 14.9 Å². The number of H-pyrrole nitrogens is 1. The Balaban J connectivity index is 1.70. The summed E-state index contributed by atoms with van der Waals surface area (Å²) in [6.45, 7) is 4.17. The molecule has 1 saturated heterocycles. The van der Waals surface area contributed by atoms with Gasteiger partial charge in [-0.25, -0.2) is 4.98 Å². The number of rotatable bonds is 3. The van der Waals surface area contributed by atoms with Crippen LogP contribution >= 0.6 is 0 Å². The Labute approximate surface area is 123 Å². The third-order valence-corrected chi connectivity index (χ3v) is 3.70. The average Bonchev–Trinajstić information content (AvgIpc) is 2.51. The summed E-state index contributed by atoms with van der Waals surface area (Å²) in [5.74, 6) is 0.671. The molecule has 110 valence electrons. The number of piperazine rings is 1. The van der Waals surface area contributed by atoms with Gasteiger partial charge in [-0.2, -0.15) is 0 Å². The Morgan fingerprint density at radius 3 is 2.67 bits per heavy atom. The molecule has 2 aromatic heterocycles. The summed E-state index contributed by atoms with van der Waals surface area (Å²) >= 11 is 0. The summed E-state index contributed by atoms with van der Waals surface area (Å²) in [6, 6.07) is 7.45. The van der Waals surface area contributed by atoms with E-state index in [4.69, 9.17) is 0 Å². The van der Waals surface area contributed by atoms with E-state index in [1.807, 2.05) is 18.3 Å². The van der Waals surface area contributed by atoms with Crippen molar-refractivity contribution in [1.29, 1.82) is 0 Å². The first-order valence-electron chi connectivity index (χ1n) is 7.07. The van der Waals surface area contributed by atoms with Crippen LogP contribution in [0.4, 0.5) is 17.2 Å². The largest absolute Gasteiger partial charge is 0.368 e. The summed E-state index contributed by atoms with van der Waals surface area (Å²) in [7, 11) is 2.14. The first-order valence-corrected chi connectivity index (χ1v) is 7.07. The molecule has 0 amide bonds. The Morgan fingerprint density at radius 1 is 1.19 bits per heavy atom. The van der Waals surface area contributed by atoms with Crippen LogP contribution in [-0.4, -0.2) is 48.1 Å². The third-order valence-electron chi connectivity index (χ3n) is 3.70. The SMILES string of the molecule is CN1CCN(c2ccc(Nc3ccc[nH]c3=O)nc2)CC1. The Hall–Kier alpha value is -2.34. The zero-order valence-corrected chi connectivity index (χ0v) is 12.0. The standard InChI is InChI=1S/C15H19N5O/c1-19-7-9-20(10-8-19)12-4-5-14(17-11-12)18-13-3-2-6-16-15(13)21/h2-6,11H,7-10H2,1H3,(H,16,21)(H,17,18). The lowest BCUT2D eigenvalue weighted by atomic mass is 10.3. The molecule has 2 aromatic rings. The summed E-state index contributed by atoms with van der Waals surface area (Å²) in [6.07, 6.45) is 3.46. The van der Waals surface area contributed by atoms with E-state index < -0.39 is 0 Å². The first-order chi connectivity index (χ1) is 10.2. The van der Waals surface area contributed by atoms with Crippen LogP contribution < -0.4 is 15.8 Å². The second-order valence-corrected chi connectivity index (χ2v) is 5.23. The van der Waals surface area contributed by atoms with Gasteiger partial charge in [0.05, 0.1) is 11.9 Å². The van der Waals surface area contributed by atoms with Crippen LogP contribution in [0.1, 0.15) is 0 Å². The summed E-state index contributed by atoms with van der Waals surface area (Å²) < 4.78 is 0. The fourth-order valence-electron chi connectivity index (χ4n) is 2.37. The molecule has 6 nitrogen and oxygen atoms in total. The van der Waals surface area contributed by atoms with Crippen LogP contribution in [0, 0.1) is 0 Å². The van der Waals surface area contributed by atoms with E-state index in [2.05, 4.69) is 32.1 Å². The molecule has 2 N–H and O–H groups in total. The maximum Gasteiger partial charge on any atom is 0.271 e. The minimum Gasteiger partial charge on any atom is -0.368 e. The number of likely N-dealkylation sites (N-methyl/N-ethyl adjacent to an activating group) is 1. The topological polar surface area (TPSA) is 64.3 Å². The van der Waals surface area contributed by atoms with E-state index in [-0.39, 0.29) is 5.56 Å². The molecule has 0 radical (unpaired) electrons. The van der Waals surface area contributed by atoms with Gasteiger partial charge in [-0.3, -0.25) is 4.79 Å². The Morgan fingerprint density at radius 2 is 2.00 bits per heavy atom. The molecule has 0 aromatic carbocycles. The van der Waals surface area contributed by atoms with Gasteiger partial charge in [0.2, 0.25) is 0 Å². The zero-order chi connectivity index (χ0) is 14.7. The Bertz CT molecular complexity index is 644. The summed E-state index contributed by atoms with van der Waals surface area (Å²) in [4.78, 5) is 23.3. The van der Waals surface area contributed by atoms with Crippen LogP contribution in [0.15, 0.2) is 41.5 Å². The molecule has 1 aliphatic rings. The predicted molar refractivity (Wildman–Crippen MR) is 84.3 cm³/mol. The number of aromatic nitrogens is 2. The van der Waals surface area contributed by atoms with E-state index >= 15 is 0 Å². The van der Waals surface area contributed by atoms with Crippen LogP contribution in [0.3, 0.4) is 0 Å².